The Hall–Kier alpha value is -1.71. The van der Waals surface area contributed by atoms with Gasteiger partial charge in [-0.2, -0.15) is 0 Å². The van der Waals surface area contributed by atoms with Gasteiger partial charge in [-0.1, -0.05) is 39.2 Å². The van der Waals surface area contributed by atoms with Gasteiger partial charge in [-0.15, -0.1) is 0 Å². The molecule has 4 nitrogen and oxygen atoms in total. The molecule has 0 fully saturated rings. The lowest BCUT2D eigenvalue weighted by Crippen LogP contribution is -2.14. The lowest BCUT2D eigenvalue weighted by atomic mass is 10.0. The van der Waals surface area contributed by atoms with E-state index in [0.29, 0.717) is 29.5 Å². The van der Waals surface area contributed by atoms with E-state index in [9.17, 15) is 4.79 Å². The average Bonchev–Trinajstić information content (AvgIpc) is 2.47. The van der Waals surface area contributed by atoms with Crippen LogP contribution >= 0.6 is 0 Å². The predicted octanol–water partition coefficient (Wildman–Crippen LogP) is 3.65. The van der Waals surface area contributed by atoms with Gasteiger partial charge in [0, 0.05) is 0 Å². The van der Waals surface area contributed by atoms with Crippen molar-refractivity contribution in [2.24, 2.45) is 5.92 Å². The number of anilines is 1. The number of esters is 1. The Balaban J connectivity index is 2.78. The van der Waals surface area contributed by atoms with Crippen molar-refractivity contribution in [3.63, 3.8) is 0 Å². The van der Waals surface area contributed by atoms with Crippen molar-refractivity contribution in [1.29, 1.82) is 0 Å². The summed E-state index contributed by atoms with van der Waals surface area (Å²) in [7, 11) is 1.35. The number of hydrogen-bond donors (Lipinski definition) is 1. The van der Waals surface area contributed by atoms with Crippen molar-refractivity contribution in [2.75, 3.05) is 19.5 Å². The molecule has 0 heterocycles. The summed E-state index contributed by atoms with van der Waals surface area (Å²) in [4.78, 5) is 11.7. The van der Waals surface area contributed by atoms with Gasteiger partial charge in [0.05, 0.1) is 19.4 Å². The Bertz CT molecular complexity index is 432. The Labute approximate surface area is 121 Å². The van der Waals surface area contributed by atoms with Gasteiger partial charge >= 0.3 is 5.97 Å². The second-order valence-corrected chi connectivity index (χ2v) is 4.94. The van der Waals surface area contributed by atoms with E-state index in [2.05, 4.69) is 13.8 Å². The smallest absolute Gasteiger partial charge is 0.341 e. The van der Waals surface area contributed by atoms with Crippen molar-refractivity contribution in [1.82, 2.24) is 0 Å². The van der Waals surface area contributed by atoms with Crippen LogP contribution in [0.5, 0.6) is 5.75 Å². The maximum Gasteiger partial charge on any atom is 0.341 e. The molecule has 1 rings (SSSR count). The second-order valence-electron chi connectivity index (χ2n) is 4.94. The molecule has 0 saturated heterocycles. The second kappa shape index (κ2) is 8.46. The minimum atomic E-state index is -0.422. The average molecular weight is 279 g/mol. The summed E-state index contributed by atoms with van der Waals surface area (Å²) in [5.41, 5.74) is 6.77. The molecule has 0 bridgehead atoms. The number of hydrogen-bond acceptors (Lipinski definition) is 4. The standard InChI is InChI=1S/C16H25NO3/c1-4-6-8-12(5-2)11-20-15-13(16(18)19-3)9-7-10-14(15)17/h7,9-10,12H,4-6,8,11,17H2,1-3H3. The maximum atomic E-state index is 11.7. The van der Waals surface area contributed by atoms with Gasteiger partial charge in [0.25, 0.3) is 0 Å². The molecule has 0 aliphatic heterocycles. The summed E-state index contributed by atoms with van der Waals surface area (Å²) in [6, 6.07) is 5.13. The molecular formula is C16H25NO3. The van der Waals surface area contributed by atoms with Gasteiger partial charge in [0.1, 0.15) is 5.56 Å². The van der Waals surface area contributed by atoms with Crippen LogP contribution in [0.15, 0.2) is 18.2 Å². The Morgan fingerprint density at radius 3 is 2.70 bits per heavy atom. The van der Waals surface area contributed by atoms with Crippen LogP contribution in [0.4, 0.5) is 5.69 Å². The van der Waals surface area contributed by atoms with E-state index in [4.69, 9.17) is 15.2 Å². The summed E-state index contributed by atoms with van der Waals surface area (Å²) in [5.74, 6) is 0.503. The first kappa shape index (κ1) is 16.3. The van der Waals surface area contributed by atoms with Gasteiger partial charge in [-0.25, -0.2) is 4.79 Å². The van der Waals surface area contributed by atoms with Gasteiger partial charge in [0.15, 0.2) is 5.75 Å². The molecule has 20 heavy (non-hydrogen) atoms. The van der Waals surface area contributed by atoms with Crippen LogP contribution in [0.2, 0.25) is 0 Å². The molecule has 1 aromatic rings. The SMILES string of the molecule is CCCCC(CC)COc1c(N)cccc1C(=O)OC. The zero-order valence-electron chi connectivity index (χ0n) is 12.6. The summed E-state index contributed by atoms with van der Waals surface area (Å²) < 4.78 is 10.6. The number of carbonyl (C=O) groups is 1. The monoisotopic (exact) mass is 279 g/mol. The number of nitrogens with two attached hydrogens (primary N) is 1. The summed E-state index contributed by atoms with van der Waals surface area (Å²) in [6.45, 7) is 4.91. The summed E-state index contributed by atoms with van der Waals surface area (Å²) in [5, 5.41) is 0. The molecule has 1 atom stereocenters. The highest BCUT2D eigenvalue weighted by Gasteiger charge is 2.17. The first-order chi connectivity index (χ1) is 9.63. The topological polar surface area (TPSA) is 61.5 Å². The molecule has 2 N–H and O–H groups in total. The third-order valence-electron chi connectivity index (χ3n) is 3.46. The minimum absolute atomic E-state index is 0.387. The van der Waals surface area contributed by atoms with Crippen LogP contribution in [-0.4, -0.2) is 19.7 Å². The van der Waals surface area contributed by atoms with E-state index in [1.807, 2.05) is 0 Å². The quantitative estimate of drug-likeness (QED) is 0.583. The van der Waals surface area contributed by atoms with Gasteiger partial charge < -0.3 is 15.2 Å². The fraction of sp³-hybridized carbons (Fsp3) is 0.562. The number of unbranched alkanes of at least 4 members (excludes halogenated alkanes) is 1. The Morgan fingerprint density at radius 1 is 1.35 bits per heavy atom. The maximum absolute atomic E-state index is 11.7. The fourth-order valence-electron chi connectivity index (χ4n) is 2.09. The molecule has 4 heteroatoms. The van der Waals surface area contributed by atoms with E-state index < -0.39 is 5.97 Å². The van der Waals surface area contributed by atoms with Crippen molar-refractivity contribution >= 4 is 11.7 Å². The lowest BCUT2D eigenvalue weighted by Gasteiger charge is -2.18. The van der Waals surface area contributed by atoms with Crippen LogP contribution < -0.4 is 10.5 Å². The highest BCUT2D eigenvalue weighted by molar-refractivity contribution is 5.94. The first-order valence-corrected chi connectivity index (χ1v) is 7.23. The van der Waals surface area contributed by atoms with Crippen LogP contribution in [0, 0.1) is 5.92 Å². The first-order valence-electron chi connectivity index (χ1n) is 7.23. The predicted molar refractivity (Wildman–Crippen MR) is 81.0 cm³/mol. The number of ether oxygens (including phenoxy) is 2. The normalized spacial score (nSPS) is 11.9. The third kappa shape index (κ3) is 4.44. The molecule has 0 amide bonds. The van der Waals surface area contributed by atoms with Crippen LogP contribution in [0.3, 0.4) is 0 Å². The van der Waals surface area contributed by atoms with Gasteiger partial charge in [-0.3, -0.25) is 0 Å². The van der Waals surface area contributed by atoms with E-state index in [1.54, 1.807) is 18.2 Å². The number of carbonyl (C=O) groups excluding carboxylic acids is 1. The van der Waals surface area contributed by atoms with Crippen LogP contribution in [0.25, 0.3) is 0 Å². The number of nitrogen functional groups attached to an aromatic ring is 1. The molecule has 0 aliphatic carbocycles. The Morgan fingerprint density at radius 2 is 2.10 bits per heavy atom. The zero-order chi connectivity index (χ0) is 15.0. The molecule has 0 saturated carbocycles. The molecule has 1 unspecified atom stereocenters. The molecule has 0 aromatic heterocycles. The summed E-state index contributed by atoms with van der Waals surface area (Å²) >= 11 is 0. The van der Waals surface area contributed by atoms with Crippen molar-refractivity contribution in [3.05, 3.63) is 23.8 Å². The van der Waals surface area contributed by atoms with E-state index in [-0.39, 0.29) is 0 Å². The van der Waals surface area contributed by atoms with Gasteiger partial charge in [-0.05, 0) is 24.5 Å². The third-order valence-corrected chi connectivity index (χ3v) is 3.46. The molecule has 0 spiro atoms. The molecule has 0 radical (unpaired) electrons. The Kier molecular flexibility index (Phi) is 6.91. The van der Waals surface area contributed by atoms with Crippen molar-refractivity contribution in [2.45, 2.75) is 39.5 Å². The lowest BCUT2D eigenvalue weighted by molar-refractivity contribution is 0.0595. The number of methoxy groups -OCH3 is 1. The van der Waals surface area contributed by atoms with Crippen molar-refractivity contribution in [3.8, 4) is 5.75 Å². The largest absolute Gasteiger partial charge is 0.490 e. The highest BCUT2D eigenvalue weighted by atomic mass is 16.5. The number of rotatable bonds is 8. The van der Waals surface area contributed by atoms with Crippen molar-refractivity contribution < 1.29 is 14.3 Å². The summed E-state index contributed by atoms with van der Waals surface area (Å²) in [6.07, 6.45) is 4.56. The van der Waals surface area contributed by atoms with E-state index in [0.717, 1.165) is 12.8 Å². The highest BCUT2D eigenvalue weighted by Crippen LogP contribution is 2.28. The molecular weight excluding hydrogens is 254 g/mol. The molecule has 1 aromatic carbocycles. The molecule has 0 aliphatic rings. The molecule has 112 valence electrons. The van der Waals surface area contributed by atoms with E-state index >= 15 is 0 Å². The zero-order valence-corrected chi connectivity index (χ0v) is 12.6. The van der Waals surface area contributed by atoms with Crippen LogP contribution in [-0.2, 0) is 4.74 Å². The number of para-hydroxylation sites is 1. The fourth-order valence-corrected chi connectivity index (χ4v) is 2.09. The number of benzene rings is 1. The van der Waals surface area contributed by atoms with Gasteiger partial charge in [0.2, 0.25) is 0 Å². The minimum Gasteiger partial charge on any atom is -0.490 e. The van der Waals surface area contributed by atoms with Crippen LogP contribution in [0.1, 0.15) is 49.9 Å². The van der Waals surface area contributed by atoms with E-state index in [1.165, 1.54) is 20.0 Å².